The topological polar surface area (TPSA) is 0 Å². The summed E-state index contributed by atoms with van der Waals surface area (Å²) in [5.74, 6) is 0. The van der Waals surface area contributed by atoms with Gasteiger partial charge in [0.15, 0.2) is 0 Å². The molecule has 0 saturated carbocycles. The van der Waals surface area contributed by atoms with Crippen LogP contribution in [0.25, 0.3) is 0 Å². The minimum Gasteiger partial charge on any atom is -0.0961 e. The Balaban J connectivity index is 3.50. The van der Waals surface area contributed by atoms with Crippen LogP contribution in [0.1, 0.15) is 13.8 Å². The molecule has 0 heterocycles. The molecule has 0 aliphatic rings. The lowest BCUT2D eigenvalue weighted by molar-refractivity contribution is 1.55. The molecule has 0 nitrogen and oxygen atoms in total. The van der Waals surface area contributed by atoms with E-state index in [1.54, 1.807) is 0 Å². The Labute approximate surface area is 51.2 Å². The second-order valence-corrected chi connectivity index (χ2v) is 1.66. The molecule has 0 heteroatoms. The average molecular weight is 107 g/mol. The zero-order valence-electron chi connectivity index (χ0n) is 5.44. The van der Waals surface area contributed by atoms with E-state index in [4.69, 9.17) is 0 Å². The van der Waals surface area contributed by atoms with E-state index < -0.39 is 0 Å². The van der Waals surface area contributed by atoms with Crippen molar-refractivity contribution in [3.63, 3.8) is 0 Å². The lowest BCUT2D eigenvalue weighted by Crippen LogP contribution is -1.57. The Morgan fingerprint density at radius 2 is 2.25 bits per heavy atom. The fourth-order valence-corrected chi connectivity index (χ4v) is 0.309. The van der Waals surface area contributed by atoms with Crippen molar-refractivity contribution >= 4 is 0 Å². The van der Waals surface area contributed by atoms with Gasteiger partial charge in [0, 0.05) is 0 Å². The van der Waals surface area contributed by atoms with Gasteiger partial charge in [0.25, 0.3) is 0 Å². The average Bonchev–Trinajstić information content (AvgIpc) is 1.66. The molecule has 0 aromatic rings. The second kappa shape index (κ2) is 4.38. The van der Waals surface area contributed by atoms with Gasteiger partial charge < -0.3 is 0 Å². The van der Waals surface area contributed by atoms with Gasteiger partial charge in [-0.1, -0.05) is 30.4 Å². The zero-order chi connectivity index (χ0) is 6.41. The summed E-state index contributed by atoms with van der Waals surface area (Å²) in [6.07, 6.45) is 8.59. The summed E-state index contributed by atoms with van der Waals surface area (Å²) in [5, 5.41) is 0. The lowest BCUT2D eigenvalue weighted by Gasteiger charge is -1.78. The second-order valence-electron chi connectivity index (χ2n) is 1.66. The Hall–Kier alpha value is -0.780. The quantitative estimate of drug-likeness (QED) is 0.475. The van der Waals surface area contributed by atoms with Gasteiger partial charge in [-0.25, -0.2) is 0 Å². The van der Waals surface area contributed by atoms with Crippen LogP contribution < -0.4 is 0 Å². The maximum absolute atomic E-state index is 3.69. The van der Waals surface area contributed by atoms with Crippen LogP contribution in [0.15, 0.2) is 30.4 Å². The SMILES string of the molecule is C=C(C)/C=C/C=[C]\C. The minimum atomic E-state index is 1.07. The molecule has 8 heavy (non-hydrogen) atoms. The van der Waals surface area contributed by atoms with E-state index in [2.05, 4.69) is 12.7 Å². The molecule has 0 aliphatic heterocycles. The van der Waals surface area contributed by atoms with Crippen molar-refractivity contribution in [2.24, 2.45) is 0 Å². The standard InChI is InChI=1S/C8H11/c1-4-5-6-7-8(2)3/h5-7H,2H2,1,3H3/b5-4?,7-6+. The van der Waals surface area contributed by atoms with Crippen molar-refractivity contribution in [2.45, 2.75) is 13.8 Å². The molecule has 0 aliphatic carbocycles. The normalized spacial score (nSPS) is 11.2. The van der Waals surface area contributed by atoms with Gasteiger partial charge in [0.1, 0.15) is 0 Å². The van der Waals surface area contributed by atoms with Gasteiger partial charge >= 0.3 is 0 Å². The monoisotopic (exact) mass is 107 g/mol. The molecule has 0 aromatic carbocycles. The molecule has 0 N–H and O–H groups in total. The summed E-state index contributed by atoms with van der Waals surface area (Å²) < 4.78 is 0. The van der Waals surface area contributed by atoms with Crippen LogP contribution in [-0.2, 0) is 0 Å². The van der Waals surface area contributed by atoms with Crippen LogP contribution in [0.2, 0.25) is 0 Å². The maximum Gasteiger partial charge on any atom is -0.0395 e. The number of hydrogen-bond acceptors (Lipinski definition) is 0. The predicted molar refractivity (Wildman–Crippen MR) is 37.4 cm³/mol. The fourth-order valence-electron chi connectivity index (χ4n) is 0.309. The molecule has 0 spiro atoms. The van der Waals surface area contributed by atoms with Crippen LogP contribution in [0.3, 0.4) is 0 Å². The highest BCUT2D eigenvalue weighted by molar-refractivity contribution is 5.15. The Bertz CT molecular complexity index is 116. The van der Waals surface area contributed by atoms with Crippen LogP contribution in [0, 0.1) is 6.08 Å². The van der Waals surface area contributed by atoms with E-state index in [1.807, 2.05) is 32.1 Å². The summed E-state index contributed by atoms with van der Waals surface area (Å²) in [6, 6.07) is 0. The Kier molecular flexibility index (Phi) is 3.95. The fraction of sp³-hybridized carbons (Fsp3) is 0.250. The third kappa shape index (κ3) is 5.22. The number of allylic oxidation sites excluding steroid dienone is 5. The van der Waals surface area contributed by atoms with Crippen molar-refractivity contribution < 1.29 is 0 Å². The third-order valence-corrected chi connectivity index (χ3v) is 0.644. The van der Waals surface area contributed by atoms with E-state index in [0.717, 1.165) is 5.57 Å². The highest BCUT2D eigenvalue weighted by Crippen LogP contribution is 1.87. The summed E-state index contributed by atoms with van der Waals surface area (Å²) in [6.45, 7) is 7.51. The van der Waals surface area contributed by atoms with Gasteiger partial charge in [-0.3, -0.25) is 0 Å². The molecule has 1 radical (unpaired) electrons. The van der Waals surface area contributed by atoms with E-state index in [-0.39, 0.29) is 0 Å². The van der Waals surface area contributed by atoms with Crippen molar-refractivity contribution in [1.29, 1.82) is 0 Å². The smallest absolute Gasteiger partial charge is 0.0395 e. The first-order chi connectivity index (χ1) is 3.77. The van der Waals surface area contributed by atoms with Crippen molar-refractivity contribution in [1.82, 2.24) is 0 Å². The molecule has 0 aromatic heterocycles. The lowest BCUT2D eigenvalue weighted by atomic mass is 10.3. The molecule has 0 fully saturated rings. The molecule has 0 saturated heterocycles. The highest BCUT2D eigenvalue weighted by Gasteiger charge is 1.66. The maximum atomic E-state index is 3.69. The molecule has 0 atom stereocenters. The summed E-state index contributed by atoms with van der Waals surface area (Å²) in [4.78, 5) is 0. The first kappa shape index (κ1) is 7.22. The Morgan fingerprint density at radius 3 is 2.62 bits per heavy atom. The van der Waals surface area contributed by atoms with Gasteiger partial charge in [-0.2, -0.15) is 0 Å². The summed E-state index contributed by atoms with van der Waals surface area (Å²) in [5.41, 5.74) is 1.07. The van der Waals surface area contributed by atoms with E-state index >= 15 is 0 Å². The minimum absolute atomic E-state index is 1.07. The Morgan fingerprint density at radius 1 is 1.62 bits per heavy atom. The van der Waals surface area contributed by atoms with E-state index in [0.29, 0.717) is 0 Å². The molecule has 0 amide bonds. The molecule has 0 rings (SSSR count). The molecular formula is C8H11. The van der Waals surface area contributed by atoms with Gasteiger partial charge in [-0.15, -0.1) is 0 Å². The van der Waals surface area contributed by atoms with Crippen LogP contribution in [-0.4, -0.2) is 0 Å². The molecular weight excluding hydrogens is 96.1 g/mol. The summed E-state index contributed by atoms with van der Waals surface area (Å²) in [7, 11) is 0. The molecule has 43 valence electrons. The first-order valence-corrected chi connectivity index (χ1v) is 2.60. The molecule has 0 bridgehead atoms. The highest BCUT2D eigenvalue weighted by atomic mass is 13.7. The van der Waals surface area contributed by atoms with Gasteiger partial charge in [0.2, 0.25) is 0 Å². The third-order valence-electron chi connectivity index (χ3n) is 0.644. The zero-order valence-corrected chi connectivity index (χ0v) is 5.44. The summed E-state index contributed by atoms with van der Waals surface area (Å²) >= 11 is 0. The number of rotatable bonds is 2. The van der Waals surface area contributed by atoms with Crippen LogP contribution in [0.5, 0.6) is 0 Å². The largest absolute Gasteiger partial charge is 0.0961 e. The van der Waals surface area contributed by atoms with E-state index in [9.17, 15) is 0 Å². The number of hydrogen-bond donors (Lipinski definition) is 0. The molecule has 0 unspecified atom stereocenters. The van der Waals surface area contributed by atoms with Crippen LogP contribution in [0.4, 0.5) is 0 Å². The van der Waals surface area contributed by atoms with Crippen molar-refractivity contribution in [3.05, 3.63) is 36.5 Å². The predicted octanol–water partition coefficient (Wildman–Crippen LogP) is 2.50. The van der Waals surface area contributed by atoms with Gasteiger partial charge in [0.05, 0.1) is 0 Å². The first-order valence-electron chi connectivity index (χ1n) is 2.60. The van der Waals surface area contributed by atoms with Crippen LogP contribution >= 0.6 is 0 Å². The van der Waals surface area contributed by atoms with Crippen molar-refractivity contribution in [3.8, 4) is 0 Å². The van der Waals surface area contributed by atoms with Crippen molar-refractivity contribution in [2.75, 3.05) is 0 Å². The van der Waals surface area contributed by atoms with E-state index in [1.165, 1.54) is 0 Å². The van der Waals surface area contributed by atoms with Gasteiger partial charge in [-0.05, 0) is 19.9 Å².